The zero-order chi connectivity index (χ0) is 24.0. The number of hydrogen-bond donors (Lipinski definition) is 1. The van der Waals surface area contributed by atoms with Gasteiger partial charge in [-0.05, 0) is 111 Å². The molecule has 5 heteroatoms. The molecule has 1 amide bonds. The molecule has 0 radical (unpaired) electrons. The van der Waals surface area contributed by atoms with Crippen LogP contribution in [0.15, 0.2) is 0 Å². The van der Waals surface area contributed by atoms with Crippen LogP contribution < -0.4 is 4.72 Å². The van der Waals surface area contributed by atoms with Crippen molar-refractivity contribution in [3.05, 3.63) is 0 Å². The first-order valence-corrected chi connectivity index (χ1v) is 15.7. The summed E-state index contributed by atoms with van der Waals surface area (Å²) < 4.78 is 25.7. The summed E-state index contributed by atoms with van der Waals surface area (Å²) in [7, 11) is -3.45. The summed E-state index contributed by atoms with van der Waals surface area (Å²) in [6.07, 6.45) is 15.1. The van der Waals surface area contributed by atoms with Crippen LogP contribution in [0.1, 0.15) is 112 Å². The van der Waals surface area contributed by atoms with Gasteiger partial charge in [-0.2, -0.15) is 0 Å². The number of fused-ring (bicyclic) bond motifs is 5. The molecular weight excluding hydrogens is 430 g/mol. The van der Waals surface area contributed by atoms with Gasteiger partial charge in [-0.15, -0.1) is 0 Å². The maximum atomic E-state index is 12.2. The van der Waals surface area contributed by atoms with E-state index in [4.69, 9.17) is 0 Å². The van der Waals surface area contributed by atoms with Crippen molar-refractivity contribution in [3.63, 3.8) is 0 Å². The molecule has 0 aromatic rings. The Morgan fingerprint density at radius 2 is 1.70 bits per heavy atom. The largest absolute Gasteiger partial charge is 0.274 e. The van der Waals surface area contributed by atoms with Crippen molar-refractivity contribution in [1.29, 1.82) is 0 Å². The molecule has 1 N–H and O–H groups in total. The van der Waals surface area contributed by atoms with E-state index in [9.17, 15) is 13.2 Å². The van der Waals surface area contributed by atoms with E-state index in [1.54, 1.807) is 6.92 Å². The van der Waals surface area contributed by atoms with Gasteiger partial charge >= 0.3 is 0 Å². The van der Waals surface area contributed by atoms with Gasteiger partial charge in [0.2, 0.25) is 15.9 Å². The summed E-state index contributed by atoms with van der Waals surface area (Å²) in [5, 5.41) is 0. The van der Waals surface area contributed by atoms with Gasteiger partial charge in [0.05, 0.1) is 5.75 Å². The van der Waals surface area contributed by atoms with Gasteiger partial charge in [0.25, 0.3) is 0 Å². The Morgan fingerprint density at radius 1 is 0.970 bits per heavy atom. The fourth-order valence-corrected chi connectivity index (χ4v) is 10.4. The molecule has 0 heterocycles. The van der Waals surface area contributed by atoms with Crippen molar-refractivity contribution >= 4 is 15.9 Å². The fourth-order valence-electron chi connectivity index (χ4n) is 9.85. The van der Waals surface area contributed by atoms with Crippen LogP contribution in [0, 0.1) is 52.3 Å². The van der Waals surface area contributed by atoms with Crippen LogP contribution in [-0.4, -0.2) is 20.1 Å². The van der Waals surface area contributed by atoms with Crippen molar-refractivity contribution in [3.8, 4) is 0 Å². The molecule has 0 bridgehead atoms. The summed E-state index contributed by atoms with van der Waals surface area (Å²) in [6, 6.07) is 0. The minimum atomic E-state index is -3.45. The van der Waals surface area contributed by atoms with E-state index in [2.05, 4.69) is 32.4 Å². The molecule has 4 fully saturated rings. The highest BCUT2D eigenvalue weighted by atomic mass is 32.2. The molecule has 4 aliphatic carbocycles. The average molecular weight is 480 g/mol. The molecule has 4 saturated carbocycles. The van der Waals surface area contributed by atoms with Crippen LogP contribution in [0.25, 0.3) is 0 Å². The van der Waals surface area contributed by atoms with E-state index in [0.29, 0.717) is 29.1 Å². The summed E-state index contributed by atoms with van der Waals surface area (Å²) >= 11 is 0. The molecule has 190 valence electrons. The molecule has 0 aliphatic heterocycles. The molecule has 0 spiro atoms. The minimum Gasteiger partial charge on any atom is -0.274 e. The lowest BCUT2D eigenvalue weighted by Crippen LogP contribution is -2.55. The van der Waals surface area contributed by atoms with Crippen LogP contribution in [0.2, 0.25) is 0 Å². The van der Waals surface area contributed by atoms with E-state index in [0.717, 1.165) is 36.0 Å². The summed E-state index contributed by atoms with van der Waals surface area (Å²) in [6.45, 7) is 11.6. The Labute approximate surface area is 203 Å². The smallest absolute Gasteiger partial charge is 0.234 e. The first-order valence-electron chi connectivity index (χ1n) is 14.1. The lowest BCUT2D eigenvalue weighted by molar-refractivity contribution is -0.138. The van der Waals surface area contributed by atoms with Crippen LogP contribution >= 0.6 is 0 Å². The third-order valence-electron chi connectivity index (χ3n) is 11.5. The van der Waals surface area contributed by atoms with Crippen LogP contribution in [0.4, 0.5) is 0 Å². The molecular formula is C28H49NO3S. The quantitative estimate of drug-likeness (QED) is 0.450. The summed E-state index contributed by atoms with van der Waals surface area (Å²) in [5.74, 6) is 5.28. The second kappa shape index (κ2) is 9.47. The van der Waals surface area contributed by atoms with E-state index in [1.807, 2.05) is 0 Å². The van der Waals surface area contributed by atoms with Gasteiger partial charge in [-0.3, -0.25) is 9.52 Å². The van der Waals surface area contributed by atoms with E-state index < -0.39 is 10.0 Å². The predicted octanol–water partition coefficient (Wildman–Crippen LogP) is 6.55. The van der Waals surface area contributed by atoms with E-state index in [-0.39, 0.29) is 11.7 Å². The molecule has 4 nitrogen and oxygen atoms in total. The maximum absolute atomic E-state index is 12.2. The maximum Gasteiger partial charge on any atom is 0.234 e. The minimum absolute atomic E-state index is 0.0439. The van der Waals surface area contributed by atoms with Gasteiger partial charge in [-0.25, -0.2) is 8.42 Å². The molecule has 3 unspecified atom stereocenters. The highest BCUT2D eigenvalue weighted by Gasteiger charge is 2.61. The second-order valence-corrected chi connectivity index (χ2v) is 14.8. The first kappa shape index (κ1) is 25.5. The molecule has 0 aromatic carbocycles. The Bertz CT molecular complexity index is 825. The van der Waals surface area contributed by atoms with E-state index >= 15 is 0 Å². The average Bonchev–Trinajstić information content (AvgIpc) is 3.13. The van der Waals surface area contributed by atoms with Crippen molar-refractivity contribution in [2.75, 3.05) is 5.75 Å². The van der Waals surface area contributed by atoms with Crippen LogP contribution in [0.3, 0.4) is 0 Å². The Morgan fingerprint density at radius 3 is 2.39 bits per heavy atom. The van der Waals surface area contributed by atoms with Gasteiger partial charge in [0, 0.05) is 6.42 Å². The van der Waals surface area contributed by atoms with Crippen molar-refractivity contribution in [2.24, 2.45) is 52.3 Å². The van der Waals surface area contributed by atoms with Gasteiger partial charge in [0.1, 0.15) is 0 Å². The Hall–Kier alpha value is -0.580. The van der Waals surface area contributed by atoms with Crippen molar-refractivity contribution in [2.45, 2.75) is 112 Å². The topological polar surface area (TPSA) is 63.2 Å². The monoisotopic (exact) mass is 479 g/mol. The van der Waals surface area contributed by atoms with Gasteiger partial charge in [0.15, 0.2) is 0 Å². The lowest BCUT2D eigenvalue weighted by atomic mass is 9.42. The summed E-state index contributed by atoms with van der Waals surface area (Å²) in [4.78, 5) is 12.2. The highest BCUT2D eigenvalue weighted by molar-refractivity contribution is 7.90. The molecule has 33 heavy (non-hydrogen) atoms. The zero-order valence-electron chi connectivity index (χ0n) is 21.9. The van der Waals surface area contributed by atoms with Gasteiger partial charge < -0.3 is 0 Å². The van der Waals surface area contributed by atoms with Crippen molar-refractivity contribution in [1.82, 2.24) is 4.72 Å². The number of carbonyl (C=O) groups excluding carboxylic acids is 1. The van der Waals surface area contributed by atoms with E-state index in [1.165, 1.54) is 64.2 Å². The fraction of sp³-hybridized carbons (Fsp3) is 0.964. The molecule has 0 aromatic heterocycles. The Balaban J connectivity index is 1.45. The number of amides is 1. The molecule has 9 atom stereocenters. The second-order valence-electron chi connectivity index (χ2n) is 12.8. The highest BCUT2D eigenvalue weighted by Crippen LogP contribution is 2.69. The lowest BCUT2D eigenvalue weighted by Gasteiger charge is -2.63. The van der Waals surface area contributed by atoms with Crippen molar-refractivity contribution < 1.29 is 13.2 Å². The SMILES string of the molecule is CC[C@H]1CC2C3CC[C@H]([C@H](C)CCC(=O)NS(=O)(=O)CC)[C@@]3(C)CCC2[C@@]2(C)CCCC[C@@H]12. The number of rotatable bonds is 7. The zero-order valence-corrected chi connectivity index (χ0v) is 22.7. The van der Waals surface area contributed by atoms with Crippen LogP contribution in [0.5, 0.6) is 0 Å². The molecule has 0 saturated heterocycles. The Kier molecular flexibility index (Phi) is 7.32. The number of sulfonamides is 1. The summed E-state index contributed by atoms with van der Waals surface area (Å²) in [5.41, 5.74) is 0.957. The number of nitrogens with one attached hydrogen (secondary N) is 1. The predicted molar refractivity (Wildman–Crippen MR) is 135 cm³/mol. The van der Waals surface area contributed by atoms with Crippen LogP contribution in [-0.2, 0) is 14.8 Å². The molecule has 4 rings (SSSR count). The number of carbonyl (C=O) groups is 1. The third-order valence-corrected chi connectivity index (χ3v) is 12.8. The normalized spacial score (nSPS) is 43.8. The number of hydrogen-bond acceptors (Lipinski definition) is 3. The first-order chi connectivity index (χ1) is 15.6. The third kappa shape index (κ3) is 4.54. The standard InChI is InChI=1S/C28H49NO3S/c1-6-20-18-21-24-13-12-22(19(3)11-14-26(30)29-33(31,32)7-2)28(24,5)17-15-25(21)27(4)16-9-8-10-23(20)27/h19-25H,6-18H2,1-5H3,(H,29,30)/t19-,20+,21?,22-,23+,24?,25?,27+,28-/m1/s1. The van der Waals surface area contributed by atoms with Gasteiger partial charge in [-0.1, -0.05) is 47.0 Å². The molecule has 4 aliphatic rings.